The fraction of sp³-hybridized carbons (Fsp3) is 0.250. The van der Waals surface area contributed by atoms with Crippen molar-refractivity contribution < 1.29 is 9.29 Å². The van der Waals surface area contributed by atoms with Crippen molar-refractivity contribution in [2.24, 2.45) is 0 Å². The highest BCUT2D eigenvalue weighted by Crippen LogP contribution is 2.21. The van der Waals surface area contributed by atoms with Gasteiger partial charge in [0.2, 0.25) is 5.88 Å². The fourth-order valence-electron chi connectivity index (χ4n) is 1.75. The van der Waals surface area contributed by atoms with Crippen molar-refractivity contribution in [2.75, 3.05) is 7.11 Å². The Morgan fingerprint density at radius 3 is 3.00 bits per heavy atom. The number of hydrogen-bond donors (Lipinski definition) is 1. The quantitative estimate of drug-likeness (QED) is 0.745. The van der Waals surface area contributed by atoms with Crippen molar-refractivity contribution in [1.82, 2.24) is 19.9 Å². The third kappa shape index (κ3) is 2.49. The van der Waals surface area contributed by atoms with Gasteiger partial charge in [-0.1, -0.05) is 0 Å². The number of nitrogens with zero attached hydrogens (tertiary/aromatic N) is 3. The number of fused-ring (bicyclic) bond motifs is 1. The Hall–Kier alpha value is -1.64. The Balaban J connectivity index is 1.81. The molecule has 0 radical (unpaired) electrons. The van der Waals surface area contributed by atoms with Crippen molar-refractivity contribution in [3.63, 3.8) is 0 Å². The van der Waals surface area contributed by atoms with E-state index >= 15 is 0 Å². The lowest BCUT2D eigenvalue weighted by Crippen LogP contribution is -2.10. The van der Waals surface area contributed by atoms with Gasteiger partial charge in [0.05, 0.1) is 12.6 Å². The summed E-state index contributed by atoms with van der Waals surface area (Å²) in [6.45, 7) is 1.86. The van der Waals surface area contributed by atoms with E-state index in [2.05, 4.69) is 19.9 Å². The molecule has 3 rings (SSSR count). The second-order valence-electron chi connectivity index (χ2n) is 4.18. The van der Waals surface area contributed by atoms with E-state index in [0.29, 0.717) is 16.9 Å². The second-order valence-corrected chi connectivity index (χ2v) is 6.29. The van der Waals surface area contributed by atoms with Gasteiger partial charge in [0, 0.05) is 33.7 Å². The molecule has 0 bridgehead atoms. The minimum absolute atomic E-state index is 0.205. The third-order valence-corrected chi connectivity index (χ3v) is 4.63. The summed E-state index contributed by atoms with van der Waals surface area (Å²) in [5.74, 6) is 1.19. The molecule has 0 spiro atoms. The molecule has 0 aromatic carbocycles. The van der Waals surface area contributed by atoms with Crippen LogP contribution in [0, 0.1) is 6.92 Å². The number of hydrogen-bond acceptors (Lipinski definition) is 6. The molecule has 6 nitrogen and oxygen atoms in total. The second kappa shape index (κ2) is 5.39. The van der Waals surface area contributed by atoms with E-state index < -0.39 is 11.2 Å². The number of aryl methyl sites for hydroxylation is 1. The molecule has 1 N–H and O–H groups in total. The van der Waals surface area contributed by atoms with Crippen LogP contribution in [0.25, 0.3) is 11.0 Å². The predicted molar refractivity (Wildman–Crippen MR) is 77.4 cm³/mol. The molecule has 1 atom stereocenters. The van der Waals surface area contributed by atoms with Crippen LogP contribution in [0.3, 0.4) is 0 Å². The first kappa shape index (κ1) is 13.3. The van der Waals surface area contributed by atoms with Crippen molar-refractivity contribution in [1.29, 1.82) is 0 Å². The predicted octanol–water partition coefficient (Wildman–Crippen LogP) is 2.04. The minimum Gasteiger partial charge on any atom is -0.609 e. The molecule has 0 aliphatic carbocycles. The van der Waals surface area contributed by atoms with Gasteiger partial charge in [-0.25, -0.2) is 4.98 Å². The van der Waals surface area contributed by atoms with E-state index in [-0.39, 0.29) is 5.75 Å². The topological polar surface area (TPSA) is 86.8 Å². The first-order valence-electron chi connectivity index (χ1n) is 5.84. The van der Waals surface area contributed by atoms with Crippen LogP contribution in [-0.4, -0.2) is 31.6 Å². The van der Waals surface area contributed by atoms with Crippen molar-refractivity contribution >= 4 is 33.5 Å². The summed E-state index contributed by atoms with van der Waals surface area (Å²) in [5, 5.41) is 4.30. The van der Waals surface area contributed by atoms with E-state index in [4.69, 9.17) is 4.74 Å². The standard InChI is InChI=1S/C12H12N4O2S2/c1-7-3-13-10(16-11(7)18-2)6-20(17)12-14-8-4-19-5-9(8)15-12/h3-5H,6H2,1-2H3,(H,14,15). The number of ether oxygens (including phenoxy) is 1. The number of imidazole rings is 1. The molecule has 1 unspecified atom stereocenters. The van der Waals surface area contributed by atoms with E-state index in [1.807, 2.05) is 17.7 Å². The third-order valence-electron chi connectivity index (χ3n) is 2.75. The Kier molecular flexibility index (Phi) is 3.60. The molecule has 3 heterocycles. The number of methoxy groups -OCH3 is 1. The molecule has 8 heteroatoms. The number of H-pyrrole nitrogens is 1. The summed E-state index contributed by atoms with van der Waals surface area (Å²) < 4.78 is 17.4. The van der Waals surface area contributed by atoms with Gasteiger partial charge in [-0.2, -0.15) is 9.97 Å². The van der Waals surface area contributed by atoms with Gasteiger partial charge in [0.1, 0.15) is 5.52 Å². The maximum Gasteiger partial charge on any atom is 0.322 e. The summed E-state index contributed by atoms with van der Waals surface area (Å²) in [7, 11) is 1.55. The van der Waals surface area contributed by atoms with Crippen LogP contribution < -0.4 is 4.74 Å². The van der Waals surface area contributed by atoms with Gasteiger partial charge in [-0.05, 0) is 6.92 Å². The lowest BCUT2D eigenvalue weighted by atomic mass is 10.4. The highest BCUT2D eigenvalue weighted by Gasteiger charge is 2.19. The maximum atomic E-state index is 12.3. The zero-order valence-electron chi connectivity index (χ0n) is 10.9. The Labute approximate surface area is 122 Å². The maximum absolute atomic E-state index is 12.3. The van der Waals surface area contributed by atoms with E-state index in [1.54, 1.807) is 24.6 Å². The van der Waals surface area contributed by atoms with E-state index in [9.17, 15) is 4.55 Å². The zero-order chi connectivity index (χ0) is 14.1. The molecule has 3 aromatic heterocycles. The SMILES string of the molecule is COc1nc(C[S+]([O-])c2nc3cscc3[nH]2)ncc1C. The molecular formula is C12H12N4O2S2. The molecule has 0 fully saturated rings. The number of nitrogens with one attached hydrogen (secondary N) is 1. The molecule has 0 aliphatic heterocycles. The number of aromatic nitrogens is 4. The lowest BCUT2D eigenvalue weighted by Gasteiger charge is -2.08. The highest BCUT2D eigenvalue weighted by atomic mass is 32.2. The molecule has 104 valence electrons. The Bertz CT molecular complexity index is 711. The molecular weight excluding hydrogens is 296 g/mol. The largest absolute Gasteiger partial charge is 0.609 e. The van der Waals surface area contributed by atoms with Crippen molar-refractivity contribution in [3.05, 3.63) is 28.3 Å². The van der Waals surface area contributed by atoms with Gasteiger partial charge in [0.15, 0.2) is 11.6 Å². The Morgan fingerprint density at radius 1 is 1.40 bits per heavy atom. The summed E-state index contributed by atoms with van der Waals surface area (Å²) in [5.41, 5.74) is 2.58. The van der Waals surface area contributed by atoms with Crippen LogP contribution >= 0.6 is 11.3 Å². The Morgan fingerprint density at radius 2 is 2.25 bits per heavy atom. The molecule has 3 aromatic rings. The van der Waals surface area contributed by atoms with Gasteiger partial charge in [-0.3, -0.25) is 4.98 Å². The van der Waals surface area contributed by atoms with Gasteiger partial charge >= 0.3 is 5.16 Å². The average Bonchev–Trinajstić information content (AvgIpc) is 3.01. The average molecular weight is 308 g/mol. The van der Waals surface area contributed by atoms with Crippen LogP contribution in [0.4, 0.5) is 0 Å². The summed E-state index contributed by atoms with van der Waals surface area (Å²) >= 11 is 0.252. The van der Waals surface area contributed by atoms with Gasteiger partial charge in [0.25, 0.3) is 0 Å². The summed E-state index contributed by atoms with van der Waals surface area (Å²) in [6.07, 6.45) is 1.67. The van der Waals surface area contributed by atoms with Crippen LogP contribution in [0.15, 0.2) is 22.1 Å². The number of thiophene rings is 1. The monoisotopic (exact) mass is 308 g/mol. The van der Waals surface area contributed by atoms with Crippen molar-refractivity contribution in [2.45, 2.75) is 17.8 Å². The van der Waals surface area contributed by atoms with Crippen LogP contribution in [-0.2, 0) is 16.9 Å². The van der Waals surface area contributed by atoms with Gasteiger partial charge < -0.3 is 9.29 Å². The molecule has 0 aliphatic rings. The smallest absolute Gasteiger partial charge is 0.322 e. The van der Waals surface area contributed by atoms with Crippen LogP contribution in [0.1, 0.15) is 11.4 Å². The molecule has 0 amide bonds. The number of aromatic amines is 1. The normalized spacial score (nSPS) is 12.8. The molecule has 0 saturated heterocycles. The minimum atomic E-state index is -1.30. The van der Waals surface area contributed by atoms with E-state index in [1.165, 1.54) is 0 Å². The first-order valence-corrected chi connectivity index (χ1v) is 8.10. The van der Waals surface area contributed by atoms with Gasteiger partial charge in [-0.15, -0.1) is 11.3 Å². The van der Waals surface area contributed by atoms with Crippen LogP contribution in [0.2, 0.25) is 0 Å². The fourth-order valence-corrected chi connectivity index (χ4v) is 3.38. The summed E-state index contributed by atoms with van der Waals surface area (Å²) in [6, 6.07) is 0. The van der Waals surface area contributed by atoms with E-state index in [0.717, 1.165) is 16.6 Å². The summed E-state index contributed by atoms with van der Waals surface area (Å²) in [4.78, 5) is 15.7. The molecule has 0 saturated carbocycles. The van der Waals surface area contributed by atoms with Crippen LogP contribution in [0.5, 0.6) is 5.88 Å². The molecule has 20 heavy (non-hydrogen) atoms. The first-order chi connectivity index (χ1) is 9.67. The lowest BCUT2D eigenvalue weighted by molar-refractivity contribution is 0.392. The zero-order valence-corrected chi connectivity index (χ0v) is 12.5. The highest BCUT2D eigenvalue weighted by molar-refractivity contribution is 7.90. The number of rotatable bonds is 4. The van der Waals surface area contributed by atoms with Crippen molar-refractivity contribution in [3.8, 4) is 5.88 Å².